The Bertz CT molecular complexity index is 756. The number of likely N-dealkylation sites (tertiary alicyclic amines) is 1. The maximum Gasteiger partial charge on any atom is 0.179 e. The van der Waals surface area contributed by atoms with Crippen LogP contribution in [0.25, 0.3) is 10.9 Å². The SMILES string of the molecule is C/C=C1/CN(C)[C@@H]2C[C@H]1CC(=O)c1[nH]c3ccccc3c12. The Kier molecular flexibility index (Phi) is 2.79. The molecule has 0 spiro atoms. The number of hydrogen-bond acceptors (Lipinski definition) is 2. The van der Waals surface area contributed by atoms with Crippen molar-refractivity contribution < 1.29 is 4.79 Å². The van der Waals surface area contributed by atoms with Crippen molar-refractivity contribution in [3.8, 4) is 0 Å². The molecule has 1 fully saturated rings. The smallest absolute Gasteiger partial charge is 0.179 e. The Morgan fingerprint density at radius 1 is 1.33 bits per heavy atom. The van der Waals surface area contributed by atoms with Crippen molar-refractivity contribution in [2.75, 3.05) is 13.6 Å². The molecule has 0 unspecified atom stereocenters. The third-order valence-corrected chi connectivity index (χ3v) is 5.16. The molecule has 3 heteroatoms. The average molecular weight is 280 g/mol. The predicted molar refractivity (Wildman–Crippen MR) is 84.5 cm³/mol. The number of carbonyl (C=O) groups is 1. The van der Waals surface area contributed by atoms with Crippen molar-refractivity contribution in [1.82, 2.24) is 9.88 Å². The fourth-order valence-corrected chi connectivity index (χ4v) is 4.06. The molecule has 1 saturated heterocycles. The molecule has 1 aromatic heterocycles. The summed E-state index contributed by atoms with van der Waals surface area (Å²) in [7, 11) is 2.17. The van der Waals surface area contributed by atoms with Crippen molar-refractivity contribution in [1.29, 1.82) is 0 Å². The molecule has 1 aromatic carbocycles. The highest BCUT2D eigenvalue weighted by molar-refractivity contribution is 6.03. The number of likely N-dealkylation sites (N-methyl/N-ethyl adjacent to an activating group) is 1. The molecule has 2 atom stereocenters. The summed E-state index contributed by atoms with van der Waals surface area (Å²) in [6.07, 6.45) is 3.89. The fraction of sp³-hybridized carbons (Fsp3) is 0.389. The van der Waals surface area contributed by atoms with Gasteiger partial charge in [-0.1, -0.05) is 29.8 Å². The summed E-state index contributed by atoms with van der Waals surface area (Å²) in [6, 6.07) is 8.63. The zero-order chi connectivity index (χ0) is 14.6. The number of nitrogens with zero attached hydrogens (tertiary/aromatic N) is 1. The summed E-state index contributed by atoms with van der Waals surface area (Å²) < 4.78 is 0. The van der Waals surface area contributed by atoms with E-state index in [1.165, 1.54) is 16.5 Å². The van der Waals surface area contributed by atoms with Crippen LogP contribution >= 0.6 is 0 Å². The molecule has 4 rings (SSSR count). The van der Waals surface area contributed by atoms with Gasteiger partial charge in [0.15, 0.2) is 5.78 Å². The number of H-pyrrole nitrogens is 1. The van der Waals surface area contributed by atoms with Gasteiger partial charge in [0.1, 0.15) is 0 Å². The van der Waals surface area contributed by atoms with Gasteiger partial charge in [0.25, 0.3) is 0 Å². The minimum absolute atomic E-state index is 0.267. The number of fused-ring (bicyclic) bond motifs is 6. The highest BCUT2D eigenvalue weighted by Gasteiger charge is 2.38. The number of allylic oxidation sites excluding steroid dienone is 1. The number of nitrogens with one attached hydrogen (secondary N) is 1. The van der Waals surface area contributed by atoms with Gasteiger partial charge in [-0.15, -0.1) is 0 Å². The minimum Gasteiger partial charge on any atom is -0.352 e. The fourth-order valence-electron chi connectivity index (χ4n) is 4.06. The third kappa shape index (κ3) is 1.80. The molecule has 2 aromatic rings. The number of ketones is 1. The molecular formula is C18H20N2O. The number of benzene rings is 1. The number of carbonyl (C=O) groups excluding carboxylic acids is 1. The first-order chi connectivity index (χ1) is 10.2. The summed E-state index contributed by atoms with van der Waals surface area (Å²) in [4.78, 5) is 18.5. The lowest BCUT2D eigenvalue weighted by Gasteiger charge is -2.37. The topological polar surface area (TPSA) is 36.1 Å². The van der Waals surface area contributed by atoms with Crippen LogP contribution in [0.3, 0.4) is 0 Å². The molecule has 1 aliphatic carbocycles. The molecule has 0 amide bonds. The van der Waals surface area contributed by atoms with E-state index in [4.69, 9.17) is 0 Å². The molecule has 108 valence electrons. The summed E-state index contributed by atoms with van der Waals surface area (Å²) in [6.45, 7) is 3.06. The maximum atomic E-state index is 12.7. The molecule has 0 radical (unpaired) electrons. The third-order valence-electron chi connectivity index (χ3n) is 5.16. The number of para-hydroxylation sites is 1. The van der Waals surface area contributed by atoms with Crippen LogP contribution in [-0.2, 0) is 0 Å². The molecule has 0 saturated carbocycles. The molecule has 2 bridgehead atoms. The largest absolute Gasteiger partial charge is 0.352 e. The van der Waals surface area contributed by atoms with Crippen LogP contribution < -0.4 is 0 Å². The lowest BCUT2D eigenvalue weighted by atomic mass is 9.84. The van der Waals surface area contributed by atoms with Crippen LogP contribution in [0.1, 0.15) is 41.9 Å². The zero-order valence-electron chi connectivity index (χ0n) is 12.5. The Balaban J connectivity index is 1.94. The summed E-state index contributed by atoms with van der Waals surface area (Å²) >= 11 is 0. The van der Waals surface area contributed by atoms with Crippen LogP contribution in [0.15, 0.2) is 35.9 Å². The number of Topliss-reactive ketones (excluding diaryl/α,β-unsaturated/α-hetero) is 1. The number of aromatic amines is 1. The second kappa shape index (κ2) is 4.57. The van der Waals surface area contributed by atoms with Crippen molar-refractivity contribution >= 4 is 16.7 Å². The Morgan fingerprint density at radius 3 is 2.95 bits per heavy atom. The summed E-state index contributed by atoms with van der Waals surface area (Å²) in [5.74, 6) is 0.673. The van der Waals surface area contributed by atoms with Gasteiger partial charge in [0.05, 0.1) is 5.69 Å². The first-order valence-corrected chi connectivity index (χ1v) is 7.68. The van der Waals surface area contributed by atoms with E-state index in [0.717, 1.165) is 24.2 Å². The molecule has 3 nitrogen and oxygen atoms in total. The van der Waals surface area contributed by atoms with Crippen LogP contribution in [0, 0.1) is 5.92 Å². The number of hydrogen-bond donors (Lipinski definition) is 1. The Hall–Kier alpha value is -1.87. The van der Waals surface area contributed by atoms with E-state index in [1.807, 2.05) is 6.07 Å². The Morgan fingerprint density at radius 2 is 2.14 bits per heavy atom. The zero-order valence-corrected chi connectivity index (χ0v) is 12.5. The standard InChI is InChI=1S/C18H20N2O/c1-3-11-10-20(2)15-8-12(11)9-16(21)18-17(15)13-6-4-5-7-14(13)19-18/h3-7,12,15,19H,8-10H2,1-2H3/b11-3-/t12-,15+/m0/s1. The summed E-state index contributed by atoms with van der Waals surface area (Å²) in [5, 5.41) is 1.21. The van der Waals surface area contributed by atoms with Crippen molar-refractivity contribution in [3.63, 3.8) is 0 Å². The van der Waals surface area contributed by atoms with Crippen LogP contribution in [-0.4, -0.2) is 29.3 Å². The molecule has 1 aliphatic heterocycles. The van der Waals surface area contributed by atoms with Gasteiger partial charge in [-0.3, -0.25) is 9.69 Å². The second-order valence-corrected chi connectivity index (χ2v) is 6.31. The van der Waals surface area contributed by atoms with Gasteiger partial charge in [-0.2, -0.15) is 0 Å². The van der Waals surface area contributed by atoms with E-state index in [9.17, 15) is 4.79 Å². The van der Waals surface area contributed by atoms with Crippen molar-refractivity contribution in [2.24, 2.45) is 5.92 Å². The lowest BCUT2D eigenvalue weighted by molar-refractivity contribution is 0.0956. The number of aromatic nitrogens is 1. The molecule has 2 aliphatic rings. The van der Waals surface area contributed by atoms with Crippen LogP contribution in [0.4, 0.5) is 0 Å². The van der Waals surface area contributed by atoms with Crippen LogP contribution in [0.2, 0.25) is 0 Å². The minimum atomic E-state index is 0.267. The molecule has 21 heavy (non-hydrogen) atoms. The van der Waals surface area contributed by atoms with Gasteiger partial charge < -0.3 is 4.98 Å². The van der Waals surface area contributed by atoms with E-state index >= 15 is 0 Å². The van der Waals surface area contributed by atoms with Gasteiger partial charge >= 0.3 is 0 Å². The van der Waals surface area contributed by atoms with Crippen molar-refractivity contribution in [3.05, 3.63) is 47.2 Å². The van der Waals surface area contributed by atoms with E-state index in [1.54, 1.807) is 0 Å². The van der Waals surface area contributed by atoms with E-state index in [0.29, 0.717) is 18.4 Å². The van der Waals surface area contributed by atoms with Gasteiger partial charge in [0.2, 0.25) is 0 Å². The van der Waals surface area contributed by atoms with E-state index < -0.39 is 0 Å². The first-order valence-electron chi connectivity index (χ1n) is 7.68. The van der Waals surface area contributed by atoms with Gasteiger partial charge in [0, 0.05) is 35.5 Å². The predicted octanol–water partition coefficient (Wildman–Crippen LogP) is 3.69. The molecule has 1 N–H and O–H groups in total. The first kappa shape index (κ1) is 12.8. The normalized spacial score (nSPS) is 27.9. The highest BCUT2D eigenvalue weighted by atomic mass is 16.1. The van der Waals surface area contributed by atoms with Gasteiger partial charge in [-0.05, 0) is 32.4 Å². The quantitative estimate of drug-likeness (QED) is 0.747. The second-order valence-electron chi connectivity index (χ2n) is 6.31. The van der Waals surface area contributed by atoms with E-state index in [-0.39, 0.29) is 5.78 Å². The number of rotatable bonds is 0. The van der Waals surface area contributed by atoms with Crippen molar-refractivity contribution in [2.45, 2.75) is 25.8 Å². The molecular weight excluding hydrogens is 260 g/mol. The Labute approximate surface area is 124 Å². The van der Waals surface area contributed by atoms with Gasteiger partial charge in [-0.25, -0.2) is 0 Å². The van der Waals surface area contributed by atoms with E-state index in [2.05, 4.69) is 48.1 Å². The molecule has 2 heterocycles. The highest BCUT2D eigenvalue weighted by Crippen LogP contribution is 2.44. The van der Waals surface area contributed by atoms with Crippen LogP contribution in [0.5, 0.6) is 0 Å². The number of piperidine rings is 1. The monoisotopic (exact) mass is 280 g/mol. The summed E-state index contributed by atoms with van der Waals surface area (Å²) in [5.41, 5.74) is 4.56. The lowest BCUT2D eigenvalue weighted by Crippen LogP contribution is -2.34. The average Bonchev–Trinajstić information content (AvgIpc) is 2.82. The maximum absolute atomic E-state index is 12.7.